The second-order valence-electron chi connectivity index (χ2n) is 6.81. The Morgan fingerprint density at radius 3 is 2.61 bits per heavy atom. The summed E-state index contributed by atoms with van der Waals surface area (Å²) >= 11 is 0. The fraction of sp³-hybridized carbons (Fsp3) is 0.174. The predicted molar refractivity (Wildman–Crippen MR) is 116 cm³/mol. The standard InChI is InChI=1S/C23H21FN4O3/c1-3-21(24)30-18-6-4-5-16(13-18)28(2)15-7-9-17(10-8-15)31-23-26-20-14-25-12-11-19(20)22(29)27-23/h4-14,21H,3H2,1-2H3,(H,26,27,29). The van der Waals surface area contributed by atoms with Gasteiger partial charge in [0, 0.05) is 37.1 Å². The lowest BCUT2D eigenvalue weighted by molar-refractivity contribution is 0.0642. The number of aromatic nitrogens is 3. The second kappa shape index (κ2) is 8.83. The number of alkyl halides is 1. The number of pyridine rings is 1. The van der Waals surface area contributed by atoms with E-state index in [2.05, 4.69) is 15.0 Å². The number of hydrogen-bond donors (Lipinski definition) is 1. The number of rotatable bonds is 7. The maximum absolute atomic E-state index is 13.5. The number of benzene rings is 2. The van der Waals surface area contributed by atoms with Crippen molar-refractivity contribution in [2.75, 3.05) is 11.9 Å². The summed E-state index contributed by atoms with van der Waals surface area (Å²) in [4.78, 5) is 14.2. The van der Waals surface area contributed by atoms with Crippen LogP contribution in [0.1, 0.15) is 13.3 Å². The van der Waals surface area contributed by atoms with E-state index in [-0.39, 0.29) is 18.3 Å². The minimum Gasteiger partial charge on any atom is -0.493 e. The zero-order valence-electron chi connectivity index (χ0n) is 17.1. The maximum Gasteiger partial charge on any atom is 0.325 e. The van der Waals surface area contributed by atoms with Gasteiger partial charge in [0.1, 0.15) is 11.5 Å². The van der Waals surface area contributed by atoms with Crippen LogP contribution in [0, 0.1) is 0 Å². The molecular weight excluding hydrogens is 399 g/mol. The van der Waals surface area contributed by atoms with Crippen LogP contribution in [-0.2, 0) is 0 Å². The molecule has 4 rings (SSSR count). The van der Waals surface area contributed by atoms with Gasteiger partial charge in [-0.1, -0.05) is 13.0 Å². The molecule has 2 heterocycles. The number of halogens is 1. The van der Waals surface area contributed by atoms with E-state index in [1.807, 2.05) is 36.2 Å². The van der Waals surface area contributed by atoms with Gasteiger partial charge in [0.2, 0.25) is 12.2 Å². The number of fused-ring (bicyclic) bond motifs is 1. The summed E-state index contributed by atoms with van der Waals surface area (Å²) in [5.74, 6) is 0.820. The van der Waals surface area contributed by atoms with E-state index in [0.29, 0.717) is 22.4 Å². The summed E-state index contributed by atoms with van der Waals surface area (Å²) in [5, 5.41) is 10.6. The summed E-state index contributed by atoms with van der Waals surface area (Å²) in [7, 11) is 1.90. The summed E-state index contributed by atoms with van der Waals surface area (Å²) in [6, 6.07) is 16.2. The summed E-state index contributed by atoms with van der Waals surface area (Å²) in [6.07, 6.45) is 2.05. The largest absolute Gasteiger partial charge is 0.493 e. The zero-order valence-corrected chi connectivity index (χ0v) is 17.1. The normalized spacial score (nSPS) is 11.8. The zero-order chi connectivity index (χ0) is 21.8. The highest BCUT2D eigenvalue weighted by Crippen LogP contribution is 2.30. The topological polar surface area (TPSA) is 80.6 Å². The molecule has 0 bridgehead atoms. The molecule has 7 nitrogen and oxygen atoms in total. The third-order valence-electron chi connectivity index (χ3n) is 4.68. The Kier molecular flexibility index (Phi) is 5.79. The highest BCUT2D eigenvalue weighted by Gasteiger charge is 2.11. The average molecular weight is 420 g/mol. The monoisotopic (exact) mass is 420 g/mol. The first kappa shape index (κ1) is 20.3. The van der Waals surface area contributed by atoms with E-state index in [4.69, 9.17) is 9.47 Å². The number of nitrogens with zero attached hydrogens (tertiary/aromatic N) is 4. The van der Waals surface area contributed by atoms with Crippen LogP contribution in [0.15, 0.2) is 67.0 Å². The number of aromatic hydroxyl groups is 1. The van der Waals surface area contributed by atoms with Gasteiger partial charge in [-0.05, 0) is 42.5 Å². The van der Waals surface area contributed by atoms with E-state index in [0.717, 1.165) is 11.4 Å². The summed E-state index contributed by atoms with van der Waals surface area (Å²) in [6.45, 7) is 1.73. The molecular formula is C23H21FN4O3. The smallest absolute Gasteiger partial charge is 0.325 e. The van der Waals surface area contributed by atoms with Crippen molar-refractivity contribution >= 4 is 22.3 Å². The average Bonchev–Trinajstić information content (AvgIpc) is 2.79. The SMILES string of the molecule is CCC(F)Oc1cccc(N(C)c2ccc(Oc3nc(O)c4ccncc4n3)cc2)c1. The molecule has 158 valence electrons. The van der Waals surface area contributed by atoms with Crippen molar-refractivity contribution in [2.24, 2.45) is 0 Å². The molecule has 1 unspecified atom stereocenters. The molecule has 0 aliphatic carbocycles. The van der Waals surface area contributed by atoms with E-state index >= 15 is 0 Å². The van der Waals surface area contributed by atoms with Gasteiger partial charge >= 0.3 is 6.01 Å². The van der Waals surface area contributed by atoms with Crippen molar-refractivity contribution < 1.29 is 19.0 Å². The van der Waals surface area contributed by atoms with E-state index in [9.17, 15) is 9.50 Å². The fourth-order valence-corrected chi connectivity index (χ4v) is 2.98. The van der Waals surface area contributed by atoms with Gasteiger partial charge in [-0.2, -0.15) is 9.97 Å². The van der Waals surface area contributed by atoms with Gasteiger partial charge in [-0.3, -0.25) is 4.98 Å². The van der Waals surface area contributed by atoms with Crippen molar-refractivity contribution in [3.8, 4) is 23.4 Å². The minimum absolute atomic E-state index is 0.0284. The Labute approximate surface area is 178 Å². The molecule has 4 aromatic rings. The van der Waals surface area contributed by atoms with Gasteiger partial charge in [-0.25, -0.2) is 4.39 Å². The lowest BCUT2D eigenvalue weighted by Gasteiger charge is -2.21. The Hall–Kier alpha value is -3.94. The Balaban J connectivity index is 1.50. The van der Waals surface area contributed by atoms with Crippen molar-refractivity contribution in [1.29, 1.82) is 0 Å². The highest BCUT2D eigenvalue weighted by molar-refractivity contribution is 5.82. The Bertz CT molecular complexity index is 1190. The predicted octanol–water partition coefficient (Wildman–Crippen LogP) is 5.38. The van der Waals surface area contributed by atoms with Gasteiger partial charge in [0.05, 0.1) is 17.1 Å². The quantitative estimate of drug-likeness (QED) is 0.430. The first-order valence-corrected chi connectivity index (χ1v) is 9.76. The van der Waals surface area contributed by atoms with E-state index in [1.165, 1.54) is 6.20 Å². The molecule has 2 aromatic carbocycles. The van der Waals surface area contributed by atoms with Crippen LogP contribution >= 0.6 is 0 Å². The molecule has 0 radical (unpaired) electrons. The third kappa shape index (κ3) is 4.63. The molecule has 0 spiro atoms. The van der Waals surface area contributed by atoms with E-state index in [1.54, 1.807) is 43.5 Å². The van der Waals surface area contributed by atoms with Gasteiger partial charge in [-0.15, -0.1) is 0 Å². The molecule has 31 heavy (non-hydrogen) atoms. The maximum atomic E-state index is 13.5. The Morgan fingerprint density at radius 1 is 1.03 bits per heavy atom. The number of anilines is 2. The van der Waals surface area contributed by atoms with Crippen molar-refractivity contribution in [3.63, 3.8) is 0 Å². The van der Waals surface area contributed by atoms with Crippen LogP contribution in [-0.4, -0.2) is 33.5 Å². The molecule has 2 aromatic heterocycles. The van der Waals surface area contributed by atoms with Crippen LogP contribution < -0.4 is 14.4 Å². The molecule has 1 N–H and O–H groups in total. The Morgan fingerprint density at radius 2 is 1.84 bits per heavy atom. The molecule has 0 saturated carbocycles. The van der Waals surface area contributed by atoms with Crippen LogP contribution in [0.2, 0.25) is 0 Å². The first-order valence-electron chi connectivity index (χ1n) is 9.76. The highest BCUT2D eigenvalue weighted by atomic mass is 19.1. The van der Waals surface area contributed by atoms with Crippen LogP contribution in [0.3, 0.4) is 0 Å². The molecule has 1 atom stereocenters. The lowest BCUT2D eigenvalue weighted by atomic mass is 10.2. The first-order chi connectivity index (χ1) is 15.0. The number of hydrogen-bond acceptors (Lipinski definition) is 7. The molecule has 8 heteroatoms. The van der Waals surface area contributed by atoms with E-state index < -0.39 is 6.36 Å². The van der Waals surface area contributed by atoms with Crippen molar-refractivity contribution in [1.82, 2.24) is 15.0 Å². The second-order valence-corrected chi connectivity index (χ2v) is 6.81. The summed E-state index contributed by atoms with van der Waals surface area (Å²) in [5.41, 5.74) is 2.23. The minimum atomic E-state index is -1.33. The third-order valence-corrected chi connectivity index (χ3v) is 4.68. The molecule has 0 saturated heterocycles. The van der Waals surface area contributed by atoms with Crippen LogP contribution in [0.25, 0.3) is 10.9 Å². The van der Waals surface area contributed by atoms with Crippen molar-refractivity contribution in [3.05, 3.63) is 67.0 Å². The summed E-state index contributed by atoms with van der Waals surface area (Å²) < 4.78 is 24.5. The van der Waals surface area contributed by atoms with Gasteiger partial charge in [0.15, 0.2) is 0 Å². The lowest BCUT2D eigenvalue weighted by Crippen LogP contribution is -2.11. The molecule has 0 fully saturated rings. The molecule has 0 amide bonds. The fourth-order valence-electron chi connectivity index (χ4n) is 2.98. The molecule has 0 aliphatic rings. The van der Waals surface area contributed by atoms with Crippen LogP contribution in [0.5, 0.6) is 23.4 Å². The van der Waals surface area contributed by atoms with Gasteiger partial charge < -0.3 is 19.5 Å². The van der Waals surface area contributed by atoms with Gasteiger partial charge in [0.25, 0.3) is 0 Å². The molecule has 0 aliphatic heterocycles. The van der Waals surface area contributed by atoms with Crippen LogP contribution in [0.4, 0.5) is 15.8 Å². The van der Waals surface area contributed by atoms with Crippen molar-refractivity contribution in [2.45, 2.75) is 19.7 Å². The number of ether oxygens (including phenoxy) is 2.